The molecule has 0 bridgehead atoms. The molecule has 0 saturated carbocycles. The second-order valence-electron chi connectivity index (χ2n) is 4.25. The van der Waals surface area contributed by atoms with Crippen molar-refractivity contribution in [3.63, 3.8) is 0 Å². The van der Waals surface area contributed by atoms with Crippen LogP contribution in [0.5, 0.6) is 0 Å². The predicted octanol–water partition coefficient (Wildman–Crippen LogP) is 6.83. The Kier molecular flexibility index (Phi) is 5.35. The highest BCUT2D eigenvalue weighted by Gasteiger charge is 2.15. The largest absolute Gasteiger partial charge is 0.377 e. The Morgan fingerprint density at radius 2 is 1.70 bits per heavy atom. The molecule has 0 aliphatic carbocycles. The van der Waals surface area contributed by atoms with Crippen LogP contribution in [0.15, 0.2) is 39.3 Å². The van der Waals surface area contributed by atoms with Gasteiger partial charge in [0.1, 0.15) is 5.82 Å². The standard InChI is InChI=1S/C14H10Br2Cl2FN/c1-7(8-5-13(19)12(18)6-11(8)17)20-14-9(15)3-2-4-10(14)16/h2-7,20H,1H3. The third-order valence-electron chi connectivity index (χ3n) is 2.83. The van der Waals surface area contributed by atoms with Gasteiger partial charge in [0, 0.05) is 14.0 Å². The van der Waals surface area contributed by atoms with Crippen LogP contribution in [0, 0.1) is 5.82 Å². The number of para-hydroxylation sites is 1. The van der Waals surface area contributed by atoms with Crippen molar-refractivity contribution in [2.45, 2.75) is 13.0 Å². The van der Waals surface area contributed by atoms with E-state index in [1.165, 1.54) is 12.1 Å². The van der Waals surface area contributed by atoms with Crippen LogP contribution in [0.1, 0.15) is 18.5 Å². The summed E-state index contributed by atoms with van der Waals surface area (Å²) in [5.74, 6) is -0.481. The molecule has 6 heteroatoms. The van der Waals surface area contributed by atoms with E-state index in [4.69, 9.17) is 23.2 Å². The van der Waals surface area contributed by atoms with E-state index >= 15 is 0 Å². The van der Waals surface area contributed by atoms with Crippen molar-refractivity contribution >= 4 is 60.7 Å². The highest BCUT2D eigenvalue weighted by Crippen LogP contribution is 2.35. The van der Waals surface area contributed by atoms with Crippen LogP contribution in [0.3, 0.4) is 0 Å². The highest BCUT2D eigenvalue weighted by molar-refractivity contribution is 9.11. The van der Waals surface area contributed by atoms with Gasteiger partial charge in [-0.3, -0.25) is 0 Å². The number of nitrogens with one attached hydrogen (secondary N) is 1. The second-order valence-corrected chi connectivity index (χ2v) is 6.77. The normalized spacial score (nSPS) is 12.3. The van der Waals surface area contributed by atoms with E-state index in [9.17, 15) is 4.39 Å². The summed E-state index contributed by atoms with van der Waals surface area (Å²) in [4.78, 5) is 0. The van der Waals surface area contributed by atoms with Gasteiger partial charge in [-0.1, -0.05) is 29.3 Å². The molecule has 0 aliphatic rings. The van der Waals surface area contributed by atoms with Gasteiger partial charge < -0.3 is 5.32 Å². The maximum Gasteiger partial charge on any atom is 0.142 e. The first kappa shape index (κ1) is 16.1. The van der Waals surface area contributed by atoms with Crippen molar-refractivity contribution in [3.05, 3.63) is 60.7 Å². The van der Waals surface area contributed by atoms with Crippen LogP contribution in [-0.2, 0) is 0 Å². The zero-order valence-electron chi connectivity index (χ0n) is 10.4. The summed E-state index contributed by atoms with van der Waals surface area (Å²) >= 11 is 18.8. The number of halogens is 5. The number of benzene rings is 2. The topological polar surface area (TPSA) is 12.0 Å². The molecule has 2 rings (SSSR count). The molecule has 1 unspecified atom stereocenters. The number of hydrogen-bond donors (Lipinski definition) is 1. The lowest BCUT2D eigenvalue weighted by Gasteiger charge is -2.19. The molecule has 1 nitrogen and oxygen atoms in total. The first-order valence-corrected chi connectivity index (χ1v) is 8.09. The molecule has 2 aromatic rings. The predicted molar refractivity (Wildman–Crippen MR) is 90.3 cm³/mol. The molecule has 0 radical (unpaired) electrons. The minimum atomic E-state index is -0.481. The minimum Gasteiger partial charge on any atom is -0.377 e. The zero-order chi connectivity index (χ0) is 14.9. The maximum absolute atomic E-state index is 13.6. The van der Waals surface area contributed by atoms with Crippen molar-refractivity contribution in [1.29, 1.82) is 0 Å². The molecule has 0 amide bonds. The van der Waals surface area contributed by atoms with E-state index in [2.05, 4.69) is 37.2 Å². The van der Waals surface area contributed by atoms with Gasteiger partial charge >= 0.3 is 0 Å². The van der Waals surface area contributed by atoms with Gasteiger partial charge in [-0.2, -0.15) is 0 Å². The summed E-state index contributed by atoms with van der Waals surface area (Å²) in [5, 5.41) is 3.75. The Hall–Kier alpha value is -0.290. The van der Waals surface area contributed by atoms with Crippen molar-refractivity contribution in [2.24, 2.45) is 0 Å². The summed E-state index contributed by atoms with van der Waals surface area (Å²) in [6.07, 6.45) is 0. The van der Waals surface area contributed by atoms with Crippen LogP contribution in [0.2, 0.25) is 10.0 Å². The molecule has 20 heavy (non-hydrogen) atoms. The van der Waals surface area contributed by atoms with Gasteiger partial charge in [0.2, 0.25) is 0 Å². The van der Waals surface area contributed by atoms with E-state index in [0.29, 0.717) is 10.6 Å². The molecule has 0 spiro atoms. The molecule has 0 saturated heterocycles. The third kappa shape index (κ3) is 3.48. The Morgan fingerprint density at radius 3 is 2.30 bits per heavy atom. The first-order chi connectivity index (χ1) is 9.40. The Morgan fingerprint density at radius 1 is 1.10 bits per heavy atom. The van der Waals surface area contributed by atoms with Crippen molar-refractivity contribution < 1.29 is 4.39 Å². The lowest BCUT2D eigenvalue weighted by molar-refractivity contribution is 0.624. The Labute approximate surface area is 143 Å². The monoisotopic (exact) mass is 439 g/mol. The molecule has 0 aliphatic heterocycles. The first-order valence-electron chi connectivity index (χ1n) is 5.75. The molecular formula is C14H10Br2Cl2FN. The fraction of sp³-hybridized carbons (Fsp3) is 0.143. The molecular weight excluding hydrogens is 432 g/mol. The van der Waals surface area contributed by atoms with Crippen LogP contribution in [-0.4, -0.2) is 0 Å². The van der Waals surface area contributed by atoms with Crippen LogP contribution in [0.4, 0.5) is 10.1 Å². The zero-order valence-corrected chi connectivity index (χ0v) is 15.0. The second kappa shape index (κ2) is 6.65. The van der Waals surface area contributed by atoms with Crippen molar-refractivity contribution in [3.8, 4) is 0 Å². The smallest absolute Gasteiger partial charge is 0.142 e. The Bertz CT molecular complexity index is 629. The molecule has 1 N–H and O–H groups in total. The van der Waals surface area contributed by atoms with Crippen molar-refractivity contribution in [1.82, 2.24) is 0 Å². The van der Waals surface area contributed by atoms with Gasteiger partial charge in [0.25, 0.3) is 0 Å². The maximum atomic E-state index is 13.6. The molecule has 106 valence electrons. The fourth-order valence-electron chi connectivity index (χ4n) is 1.80. The van der Waals surface area contributed by atoms with Crippen LogP contribution >= 0.6 is 55.1 Å². The van der Waals surface area contributed by atoms with E-state index in [0.717, 1.165) is 14.6 Å². The lowest BCUT2D eigenvalue weighted by Crippen LogP contribution is -2.08. The average Bonchev–Trinajstić information content (AvgIpc) is 2.38. The highest BCUT2D eigenvalue weighted by atomic mass is 79.9. The molecule has 1 atom stereocenters. The number of anilines is 1. The SMILES string of the molecule is CC(Nc1c(Br)cccc1Br)c1cc(F)c(Cl)cc1Cl. The van der Waals surface area contributed by atoms with Gasteiger partial charge in [0.05, 0.1) is 16.8 Å². The van der Waals surface area contributed by atoms with Gasteiger partial charge in [-0.05, 0) is 68.6 Å². The molecule has 0 aromatic heterocycles. The summed E-state index contributed by atoms with van der Waals surface area (Å²) < 4.78 is 15.4. The van der Waals surface area contributed by atoms with Crippen LogP contribution in [0.25, 0.3) is 0 Å². The number of hydrogen-bond acceptors (Lipinski definition) is 1. The van der Waals surface area contributed by atoms with Gasteiger partial charge in [-0.15, -0.1) is 0 Å². The summed E-state index contributed by atoms with van der Waals surface area (Å²) in [6.45, 7) is 1.90. The quantitative estimate of drug-likeness (QED) is 0.514. The van der Waals surface area contributed by atoms with E-state index in [1.54, 1.807) is 0 Å². The minimum absolute atomic E-state index is 0.0213. The Balaban J connectivity index is 2.33. The van der Waals surface area contributed by atoms with E-state index in [1.807, 2.05) is 25.1 Å². The number of rotatable bonds is 3. The van der Waals surface area contributed by atoms with Gasteiger partial charge in [-0.25, -0.2) is 4.39 Å². The molecule has 2 aromatic carbocycles. The summed E-state index contributed by atoms with van der Waals surface area (Å²) in [7, 11) is 0. The molecule has 0 fully saturated rings. The van der Waals surface area contributed by atoms with E-state index < -0.39 is 5.82 Å². The third-order valence-corrected chi connectivity index (χ3v) is 4.77. The lowest BCUT2D eigenvalue weighted by atomic mass is 10.1. The van der Waals surface area contributed by atoms with E-state index in [-0.39, 0.29) is 11.1 Å². The van der Waals surface area contributed by atoms with Crippen molar-refractivity contribution in [2.75, 3.05) is 5.32 Å². The average molecular weight is 442 g/mol. The fourth-order valence-corrected chi connectivity index (χ4v) is 3.57. The van der Waals surface area contributed by atoms with Gasteiger partial charge in [0.15, 0.2) is 0 Å². The molecule has 0 heterocycles. The van der Waals surface area contributed by atoms with Crippen LogP contribution < -0.4 is 5.32 Å². The summed E-state index contributed by atoms with van der Waals surface area (Å²) in [5.41, 5.74) is 1.53. The summed E-state index contributed by atoms with van der Waals surface area (Å²) in [6, 6.07) is 8.35.